The van der Waals surface area contributed by atoms with Gasteiger partial charge in [0.25, 0.3) is 0 Å². The summed E-state index contributed by atoms with van der Waals surface area (Å²) in [5.41, 5.74) is 3.38. The van der Waals surface area contributed by atoms with E-state index in [2.05, 4.69) is 43.0 Å². The highest BCUT2D eigenvalue weighted by molar-refractivity contribution is 5.96. The molecule has 0 saturated carbocycles. The summed E-state index contributed by atoms with van der Waals surface area (Å²) in [5.74, 6) is 5.67. The molecule has 0 aromatic heterocycles. The molecule has 1 heteroatoms. The smallest absolute Gasteiger partial charge is 0.209 e. The van der Waals surface area contributed by atoms with Gasteiger partial charge in [-0.3, -0.25) is 4.79 Å². The molecule has 0 saturated heterocycles. The summed E-state index contributed by atoms with van der Waals surface area (Å²) in [4.78, 5) is 11.8. The van der Waals surface area contributed by atoms with Crippen LogP contribution < -0.4 is 0 Å². The Hall–Kier alpha value is -2.33. The first-order valence-corrected chi connectivity index (χ1v) is 7.45. The maximum atomic E-state index is 11.8. The fraction of sp³-hybridized carbons (Fsp3) is 0.250. The van der Waals surface area contributed by atoms with Gasteiger partial charge in [-0.1, -0.05) is 73.9 Å². The molecule has 1 nitrogen and oxygen atoms in total. The summed E-state index contributed by atoms with van der Waals surface area (Å²) in [7, 11) is 0. The molecule has 0 bridgehead atoms. The zero-order valence-corrected chi connectivity index (χ0v) is 12.4. The Balaban J connectivity index is 1.96. The van der Waals surface area contributed by atoms with E-state index in [0.29, 0.717) is 6.42 Å². The molecular weight excluding hydrogens is 256 g/mol. The third kappa shape index (κ3) is 4.93. The summed E-state index contributed by atoms with van der Waals surface area (Å²) in [6, 6.07) is 18.4. The van der Waals surface area contributed by atoms with E-state index >= 15 is 0 Å². The number of hydrogen-bond acceptors (Lipinski definition) is 1. The molecule has 0 radical (unpaired) electrons. The first-order chi connectivity index (χ1) is 10.3. The molecule has 2 rings (SSSR count). The second-order valence-electron chi connectivity index (χ2n) is 5.07. The van der Waals surface area contributed by atoms with Crippen molar-refractivity contribution in [1.82, 2.24) is 0 Å². The van der Waals surface area contributed by atoms with Crippen LogP contribution in [0.5, 0.6) is 0 Å². The Kier molecular flexibility index (Phi) is 5.79. The lowest BCUT2D eigenvalue weighted by atomic mass is 10.0. The van der Waals surface area contributed by atoms with Crippen LogP contribution in [0.1, 0.15) is 31.7 Å². The number of Topliss-reactive ketones (excluding diaryl/α,β-unsaturated/α-hetero) is 1. The molecule has 2 aromatic carbocycles. The Morgan fingerprint density at radius 1 is 0.952 bits per heavy atom. The number of benzene rings is 2. The van der Waals surface area contributed by atoms with Crippen molar-refractivity contribution in [1.29, 1.82) is 0 Å². The Morgan fingerprint density at radius 3 is 2.29 bits per heavy atom. The Labute approximate surface area is 127 Å². The minimum atomic E-state index is -0.00133. The molecule has 0 atom stereocenters. The van der Waals surface area contributed by atoms with E-state index in [1.54, 1.807) is 0 Å². The van der Waals surface area contributed by atoms with Gasteiger partial charge in [0.1, 0.15) is 0 Å². The summed E-state index contributed by atoms with van der Waals surface area (Å²) in [6.45, 7) is 2.12. The van der Waals surface area contributed by atoms with Crippen LogP contribution in [0.2, 0.25) is 0 Å². The molecule has 0 amide bonds. The van der Waals surface area contributed by atoms with Crippen molar-refractivity contribution in [3.05, 3.63) is 60.2 Å². The molecule has 0 heterocycles. The number of hydrogen-bond donors (Lipinski definition) is 0. The highest BCUT2D eigenvalue weighted by Gasteiger charge is 2.01. The lowest BCUT2D eigenvalue weighted by Gasteiger charge is -2.02. The van der Waals surface area contributed by atoms with Crippen LogP contribution in [0.15, 0.2) is 54.6 Å². The third-order valence-corrected chi connectivity index (χ3v) is 3.31. The topological polar surface area (TPSA) is 17.1 Å². The minimum Gasteiger partial charge on any atom is -0.285 e. The van der Waals surface area contributed by atoms with Gasteiger partial charge in [-0.15, -0.1) is 0 Å². The predicted octanol–water partition coefficient (Wildman–Crippen LogP) is 4.66. The maximum Gasteiger partial charge on any atom is 0.209 e. The summed E-state index contributed by atoms with van der Waals surface area (Å²) >= 11 is 0. The van der Waals surface area contributed by atoms with Crippen LogP contribution >= 0.6 is 0 Å². The number of carbonyl (C=O) groups is 1. The average molecular weight is 276 g/mol. The van der Waals surface area contributed by atoms with E-state index in [9.17, 15) is 4.79 Å². The quantitative estimate of drug-likeness (QED) is 0.441. The van der Waals surface area contributed by atoms with Crippen LogP contribution in [0.3, 0.4) is 0 Å². The van der Waals surface area contributed by atoms with E-state index in [-0.39, 0.29) is 5.78 Å². The average Bonchev–Trinajstić information content (AvgIpc) is 2.53. The molecule has 0 N–H and O–H groups in total. The standard InChI is InChI=1S/C20H20O/c1-2-3-4-8-11-20(21)16-17-12-14-19(15-13-17)18-9-6-5-7-10-18/h5-7,9-10,12-15H,2-4,16H2,1H3. The summed E-state index contributed by atoms with van der Waals surface area (Å²) in [5, 5.41) is 0. The molecule has 21 heavy (non-hydrogen) atoms. The summed E-state index contributed by atoms with van der Waals surface area (Å²) in [6.07, 6.45) is 3.39. The van der Waals surface area contributed by atoms with Gasteiger partial charge in [-0.25, -0.2) is 0 Å². The molecule has 0 fully saturated rings. The SMILES string of the molecule is CCCCC#CC(=O)Cc1ccc(-c2ccccc2)cc1. The third-order valence-electron chi connectivity index (χ3n) is 3.31. The summed E-state index contributed by atoms with van der Waals surface area (Å²) < 4.78 is 0. The van der Waals surface area contributed by atoms with Gasteiger partial charge in [0.15, 0.2) is 0 Å². The van der Waals surface area contributed by atoms with Gasteiger partial charge in [0.05, 0.1) is 0 Å². The van der Waals surface area contributed by atoms with Gasteiger partial charge in [-0.05, 0) is 29.0 Å². The molecule has 0 aliphatic carbocycles. The van der Waals surface area contributed by atoms with Crippen molar-refractivity contribution in [2.75, 3.05) is 0 Å². The molecular formula is C20H20O. The molecule has 0 aliphatic rings. The van der Waals surface area contributed by atoms with Crippen LogP contribution in [0.25, 0.3) is 11.1 Å². The van der Waals surface area contributed by atoms with Crippen molar-refractivity contribution in [3.8, 4) is 23.0 Å². The Bertz CT molecular complexity index is 627. The van der Waals surface area contributed by atoms with Crippen LogP contribution in [-0.2, 0) is 11.2 Å². The van der Waals surface area contributed by atoms with E-state index in [1.165, 1.54) is 11.1 Å². The van der Waals surface area contributed by atoms with Crippen LogP contribution in [-0.4, -0.2) is 5.78 Å². The molecule has 0 spiro atoms. The minimum absolute atomic E-state index is 0.00133. The van der Waals surface area contributed by atoms with Gasteiger partial charge in [0.2, 0.25) is 5.78 Å². The Morgan fingerprint density at radius 2 is 1.62 bits per heavy atom. The van der Waals surface area contributed by atoms with Crippen LogP contribution in [0, 0.1) is 11.8 Å². The lowest BCUT2D eigenvalue weighted by Crippen LogP contribution is -1.98. The van der Waals surface area contributed by atoms with Gasteiger partial charge < -0.3 is 0 Å². The van der Waals surface area contributed by atoms with E-state index in [0.717, 1.165) is 24.8 Å². The number of unbranched alkanes of at least 4 members (excludes halogenated alkanes) is 2. The fourth-order valence-corrected chi connectivity index (χ4v) is 2.10. The predicted molar refractivity (Wildman–Crippen MR) is 87.9 cm³/mol. The van der Waals surface area contributed by atoms with E-state index < -0.39 is 0 Å². The largest absolute Gasteiger partial charge is 0.285 e. The van der Waals surface area contributed by atoms with E-state index in [1.807, 2.05) is 30.3 Å². The van der Waals surface area contributed by atoms with Gasteiger partial charge >= 0.3 is 0 Å². The first-order valence-electron chi connectivity index (χ1n) is 7.45. The van der Waals surface area contributed by atoms with Crippen molar-refractivity contribution < 1.29 is 4.79 Å². The first kappa shape index (κ1) is 15.1. The van der Waals surface area contributed by atoms with Crippen molar-refractivity contribution in [3.63, 3.8) is 0 Å². The second kappa shape index (κ2) is 8.07. The van der Waals surface area contributed by atoms with Gasteiger partial charge in [0, 0.05) is 12.8 Å². The van der Waals surface area contributed by atoms with Crippen molar-refractivity contribution in [2.45, 2.75) is 32.6 Å². The monoisotopic (exact) mass is 276 g/mol. The van der Waals surface area contributed by atoms with Crippen molar-refractivity contribution in [2.24, 2.45) is 0 Å². The van der Waals surface area contributed by atoms with E-state index in [4.69, 9.17) is 0 Å². The normalized spacial score (nSPS) is 9.76. The molecule has 2 aromatic rings. The molecule has 106 valence electrons. The number of ketones is 1. The highest BCUT2D eigenvalue weighted by Crippen LogP contribution is 2.19. The number of rotatable bonds is 5. The fourth-order valence-electron chi connectivity index (χ4n) is 2.10. The maximum absolute atomic E-state index is 11.8. The lowest BCUT2D eigenvalue weighted by molar-refractivity contribution is -0.113. The molecule has 0 aliphatic heterocycles. The van der Waals surface area contributed by atoms with Gasteiger partial charge in [-0.2, -0.15) is 0 Å². The zero-order valence-electron chi connectivity index (χ0n) is 12.4. The second-order valence-corrected chi connectivity index (χ2v) is 5.07. The number of carbonyl (C=O) groups excluding carboxylic acids is 1. The zero-order chi connectivity index (χ0) is 14.9. The van der Waals surface area contributed by atoms with Crippen LogP contribution in [0.4, 0.5) is 0 Å². The highest BCUT2D eigenvalue weighted by atomic mass is 16.1. The van der Waals surface area contributed by atoms with Crippen molar-refractivity contribution >= 4 is 5.78 Å². The molecule has 0 unspecified atom stereocenters.